The maximum absolute atomic E-state index is 4.55. The summed E-state index contributed by atoms with van der Waals surface area (Å²) in [4.78, 5) is 2.59. The van der Waals surface area contributed by atoms with Crippen LogP contribution in [0.5, 0.6) is 0 Å². The Hall–Kier alpha value is -2.06. The van der Waals surface area contributed by atoms with Gasteiger partial charge in [0.1, 0.15) is 0 Å². The molecule has 0 spiro atoms. The molecule has 2 aromatic rings. The van der Waals surface area contributed by atoms with Crippen LogP contribution < -0.4 is 5.32 Å². The molecule has 1 aliphatic carbocycles. The van der Waals surface area contributed by atoms with Crippen LogP contribution in [0.4, 0.5) is 0 Å². The third-order valence-corrected chi connectivity index (χ3v) is 6.11. The summed E-state index contributed by atoms with van der Waals surface area (Å²) in [6.07, 6.45) is 2.20. The Balaban J connectivity index is 1.77. The van der Waals surface area contributed by atoms with E-state index in [4.69, 9.17) is 0 Å². The first-order valence-corrected chi connectivity index (χ1v) is 10.0. The zero-order valence-corrected chi connectivity index (χ0v) is 16.1. The van der Waals surface area contributed by atoms with Crippen LogP contribution in [0.25, 0.3) is 11.1 Å². The third kappa shape index (κ3) is 2.68. The molecule has 2 aromatic carbocycles. The Labute approximate surface area is 157 Å². The molecule has 0 aromatic heterocycles. The van der Waals surface area contributed by atoms with Crippen molar-refractivity contribution in [3.8, 4) is 11.1 Å². The zero-order valence-electron chi connectivity index (χ0n) is 16.1. The highest BCUT2D eigenvalue weighted by atomic mass is 15.2. The molecule has 26 heavy (non-hydrogen) atoms. The molecular formula is C24H30N2. The molecule has 0 unspecified atom stereocenters. The van der Waals surface area contributed by atoms with E-state index < -0.39 is 0 Å². The second-order valence-corrected chi connectivity index (χ2v) is 8.02. The van der Waals surface area contributed by atoms with Crippen molar-refractivity contribution in [2.75, 3.05) is 26.2 Å². The molecule has 136 valence electrons. The van der Waals surface area contributed by atoms with Gasteiger partial charge in [-0.1, -0.05) is 69.0 Å². The number of hydrogen-bond acceptors (Lipinski definition) is 2. The average Bonchev–Trinajstić information content (AvgIpc) is 2.94. The van der Waals surface area contributed by atoms with Crippen LogP contribution in [-0.4, -0.2) is 31.1 Å². The molecule has 2 nitrogen and oxygen atoms in total. The Kier molecular flexibility index (Phi) is 4.62. The van der Waals surface area contributed by atoms with Crippen molar-refractivity contribution in [1.82, 2.24) is 10.2 Å². The monoisotopic (exact) mass is 346 g/mol. The number of benzene rings is 2. The van der Waals surface area contributed by atoms with Crippen molar-refractivity contribution < 1.29 is 0 Å². The Morgan fingerprint density at radius 2 is 1.65 bits per heavy atom. The third-order valence-electron chi connectivity index (χ3n) is 6.11. The predicted molar refractivity (Wildman–Crippen MR) is 110 cm³/mol. The van der Waals surface area contributed by atoms with Gasteiger partial charge in [0.25, 0.3) is 0 Å². The van der Waals surface area contributed by atoms with E-state index in [0.29, 0.717) is 0 Å². The Bertz CT molecular complexity index is 756. The largest absolute Gasteiger partial charge is 0.388 e. The summed E-state index contributed by atoms with van der Waals surface area (Å²) in [5.41, 5.74) is 6.62. The minimum absolute atomic E-state index is 0.124. The normalized spacial score (nSPS) is 18.1. The van der Waals surface area contributed by atoms with Crippen LogP contribution in [-0.2, 0) is 5.41 Å². The van der Waals surface area contributed by atoms with E-state index in [2.05, 4.69) is 79.2 Å². The summed E-state index contributed by atoms with van der Waals surface area (Å²) in [5, 5.41) is 3.65. The summed E-state index contributed by atoms with van der Waals surface area (Å²) >= 11 is 0. The van der Waals surface area contributed by atoms with Crippen LogP contribution >= 0.6 is 0 Å². The number of fused-ring (bicyclic) bond motifs is 3. The molecule has 0 amide bonds. The lowest BCUT2D eigenvalue weighted by molar-refractivity contribution is 0.106. The second-order valence-electron chi connectivity index (χ2n) is 8.02. The van der Waals surface area contributed by atoms with E-state index in [0.717, 1.165) is 37.5 Å². The van der Waals surface area contributed by atoms with Crippen molar-refractivity contribution in [3.05, 3.63) is 71.9 Å². The summed E-state index contributed by atoms with van der Waals surface area (Å²) in [6.45, 7) is 13.7. The molecule has 0 atom stereocenters. The van der Waals surface area contributed by atoms with Crippen molar-refractivity contribution in [2.24, 2.45) is 5.92 Å². The lowest BCUT2D eigenvalue weighted by Crippen LogP contribution is -2.47. The summed E-state index contributed by atoms with van der Waals surface area (Å²) in [7, 11) is 0. The highest BCUT2D eigenvalue weighted by molar-refractivity contribution is 5.82. The maximum Gasteiger partial charge on any atom is 0.0616 e. The minimum Gasteiger partial charge on any atom is -0.388 e. The fourth-order valence-electron chi connectivity index (χ4n) is 4.83. The standard InChI is InChI=1S/C24H30N2/c1-4-14-25-19(3)24(13-15-26-16-18(2)17-26)22-11-7-5-9-20(22)21-10-6-8-12-23(21)24/h5-12,18,25H,3-4,13-17H2,1-2H3. The van der Waals surface area contributed by atoms with Gasteiger partial charge in [-0.2, -0.15) is 0 Å². The van der Waals surface area contributed by atoms with Gasteiger partial charge in [0, 0.05) is 25.3 Å². The molecule has 0 saturated carbocycles. The van der Waals surface area contributed by atoms with E-state index in [1.807, 2.05) is 0 Å². The van der Waals surface area contributed by atoms with E-state index >= 15 is 0 Å². The predicted octanol–water partition coefficient (Wildman–Crippen LogP) is 4.81. The quantitative estimate of drug-likeness (QED) is 0.774. The van der Waals surface area contributed by atoms with Crippen molar-refractivity contribution in [1.29, 1.82) is 0 Å². The first-order valence-electron chi connectivity index (χ1n) is 10.0. The maximum atomic E-state index is 4.55. The van der Waals surface area contributed by atoms with Crippen LogP contribution in [0.3, 0.4) is 0 Å². The number of nitrogens with zero attached hydrogens (tertiary/aromatic N) is 1. The highest BCUT2D eigenvalue weighted by Crippen LogP contribution is 2.53. The molecule has 2 heteroatoms. The summed E-state index contributed by atoms with van der Waals surface area (Å²) < 4.78 is 0. The molecule has 0 bridgehead atoms. The number of nitrogens with one attached hydrogen (secondary N) is 1. The van der Waals surface area contributed by atoms with Gasteiger partial charge in [0.2, 0.25) is 0 Å². The molecule has 4 rings (SSSR count). The molecular weight excluding hydrogens is 316 g/mol. The van der Waals surface area contributed by atoms with Crippen LogP contribution in [0.1, 0.15) is 37.8 Å². The van der Waals surface area contributed by atoms with Gasteiger partial charge in [0.05, 0.1) is 5.41 Å². The molecule has 1 saturated heterocycles. The SMILES string of the molecule is C=C(NCCC)C1(CCN2CC(C)C2)c2ccccc2-c2ccccc21. The van der Waals surface area contributed by atoms with Crippen LogP contribution in [0.15, 0.2) is 60.8 Å². The van der Waals surface area contributed by atoms with E-state index in [1.54, 1.807) is 0 Å². The lowest BCUT2D eigenvalue weighted by Gasteiger charge is -2.41. The van der Waals surface area contributed by atoms with Crippen LogP contribution in [0.2, 0.25) is 0 Å². The van der Waals surface area contributed by atoms with Gasteiger partial charge in [0.15, 0.2) is 0 Å². The number of hydrogen-bond donors (Lipinski definition) is 1. The Morgan fingerprint density at radius 1 is 1.08 bits per heavy atom. The van der Waals surface area contributed by atoms with E-state index in [-0.39, 0.29) is 5.41 Å². The second kappa shape index (κ2) is 6.92. The topological polar surface area (TPSA) is 15.3 Å². The number of rotatable bonds is 7. The van der Waals surface area contributed by atoms with Gasteiger partial charge in [-0.25, -0.2) is 0 Å². The van der Waals surface area contributed by atoms with Crippen molar-refractivity contribution in [2.45, 2.75) is 32.1 Å². The van der Waals surface area contributed by atoms with Gasteiger partial charge in [-0.15, -0.1) is 0 Å². The molecule has 1 aliphatic heterocycles. The van der Waals surface area contributed by atoms with Crippen LogP contribution in [0, 0.1) is 5.92 Å². The Morgan fingerprint density at radius 3 is 2.19 bits per heavy atom. The molecule has 2 aliphatic rings. The summed E-state index contributed by atoms with van der Waals surface area (Å²) in [5.74, 6) is 0.843. The average molecular weight is 347 g/mol. The first kappa shape index (κ1) is 17.4. The molecule has 0 radical (unpaired) electrons. The highest BCUT2D eigenvalue weighted by Gasteiger charge is 2.45. The van der Waals surface area contributed by atoms with Crippen molar-refractivity contribution >= 4 is 0 Å². The number of likely N-dealkylation sites (tertiary alicyclic amines) is 1. The van der Waals surface area contributed by atoms with Crippen molar-refractivity contribution in [3.63, 3.8) is 0 Å². The van der Waals surface area contributed by atoms with Gasteiger partial charge < -0.3 is 10.2 Å². The van der Waals surface area contributed by atoms with Gasteiger partial charge in [-0.3, -0.25) is 0 Å². The fourth-order valence-corrected chi connectivity index (χ4v) is 4.83. The molecule has 1 heterocycles. The van der Waals surface area contributed by atoms with Gasteiger partial charge in [-0.05, 0) is 47.6 Å². The minimum atomic E-state index is -0.124. The summed E-state index contributed by atoms with van der Waals surface area (Å²) in [6, 6.07) is 17.8. The molecule has 1 fully saturated rings. The number of allylic oxidation sites excluding steroid dienone is 1. The van der Waals surface area contributed by atoms with E-state index in [9.17, 15) is 0 Å². The molecule has 1 N–H and O–H groups in total. The lowest BCUT2D eigenvalue weighted by atomic mass is 9.72. The zero-order chi connectivity index (χ0) is 18.1. The van der Waals surface area contributed by atoms with E-state index in [1.165, 1.54) is 35.3 Å². The van der Waals surface area contributed by atoms with Gasteiger partial charge >= 0.3 is 0 Å². The smallest absolute Gasteiger partial charge is 0.0616 e. The first-order chi connectivity index (χ1) is 12.7. The fraction of sp³-hybridized carbons (Fsp3) is 0.417.